The van der Waals surface area contributed by atoms with Crippen LogP contribution in [0.15, 0.2) is 72.8 Å². The molecule has 0 spiro atoms. The molecule has 5 aromatic carbocycles. The molecule has 0 aromatic heterocycles. The largest absolute Gasteiger partial charge is 0.298 e. The van der Waals surface area contributed by atoms with Crippen LogP contribution in [-0.4, -0.2) is 6.29 Å². The molecule has 0 unspecified atom stereocenters. The molecule has 0 radical (unpaired) electrons. The van der Waals surface area contributed by atoms with Crippen LogP contribution in [0.3, 0.4) is 0 Å². The molecule has 5 aromatic rings. The van der Waals surface area contributed by atoms with E-state index < -0.39 is 0 Å². The summed E-state index contributed by atoms with van der Waals surface area (Å²) in [5.41, 5.74) is 1.99. The highest BCUT2D eigenvalue weighted by Gasteiger charge is 2.04. The Labute approximate surface area is 145 Å². The first kappa shape index (κ1) is 14.2. The average molecular weight is 320 g/mol. The highest BCUT2D eigenvalue weighted by Crippen LogP contribution is 2.30. The molecular formula is C24H16O. The molecule has 0 amide bonds. The lowest BCUT2D eigenvalue weighted by atomic mass is 9.96. The van der Waals surface area contributed by atoms with Crippen LogP contribution < -0.4 is 0 Å². The average Bonchev–Trinajstić information content (AvgIpc) is 2.62. The molecule has 0 fully saturated rings. The molecule has 0 aliphatic rings. The quantitative estimate of drug-likeness (QED) is 0.257. The van der Waals surface area contributed by atoms with Gasteiger partial charge in [0.05, 0.1) is 0 Å². The second-order valence-electron chi connectivity index (χ2n) is 6.83. The van der Waals surface area contributed by atoms with Crippen molar-refractivity contribution in [1.82, 2.24) is 0 Å². The highest BCUT2D eigenvalue weighted by atomic mass is 16.1. The van der Waals surface area contributed by atoms with Crippen LogP contribution in [0, 0.1) is 6.92 Å². The number of carbonyl (C=O) groups is 1. The molecule has 25 heavy (non-hydrogen) atoms. The number of aryl methyl sites for hydroxylation is 1. The van der Waals surface area contributed by atoms with E-state index in [0.29, 0.717) is 5.56 Å². The summed E-state index contributed by atoms with van der Waals surface area (Å²) in [6, 6.07) is 25.9. The van der Waals surface area contributed by atoms with Crippen molar-refractivity contribution in [2.75, 3.05) is 0 Å². The normalized spacial score (nSPS) is 11.6. The molecule has 0 N–H and O–H groups in total. The van der Waals surface area contributed by atoms with E-state index in [-0.39, 0.29) is 0 Å². The van der Waals surface area contributed by atoms with Gasteiger partial charge in [0, 0.05) is 5.56 Å². The first-order valence-electron chi connectivity index (χ1n) is 8.46. The van der Waals surface area contributed by atoms with Crippen molar-refractivity contribution < 1.29 is 4.79 Å². The van der Waals surface area contributed by atoms with Gasteiger partial charge in [0.25, 0.3) is 0 Å². The van der Waals surface area contributed by atoms with Gasteiger partial charge in [0.1, 0.15) is 6.29 Å². The van der Waals surface area contributed by atoms with Crippen molar-refractivity contribution in [1.29, 1.82) is 0 Å². The van der Waals surface area contributed by atoms with Crippen LogP contribution in [0.1, 0.15) is 15.9 Å². The Morgan fingerprint density at radius 3 is 1.52 bits per heavy atom. The van der Waals surface area contributed by atoms with Crippen molar-refractivity contribution in [3.63, 3.8) is 0 Å². The lowest BCUT2D eigenvalue weighted by Gasteiger charge is -2.08. The Bertz CT molecular complexity index is 1310. The third-order valence-electron chi connectivity index (χ3n) is 5.02. The van der Waals surface area contributed by atoms with Crippen LogP contribution in [0.5, 0.6) is 0 Å². The fraction of sp³-hybridized carbons (Fsp3) is 0.0417. The van der Waals surface area contributed by atoms with Crippen LogP contribution in [0.2, 0.25) is 0 Å². The summed E-state index contributed by atoms with van der Waals surface area (Å²) < 4.78 is 0. The van der Waals surface area contributed by atoms with Crippen LogP contribution in [-0.2, 0) is 0 Å². The van der Waals surface area contributed by atoms with Gasteiger partial charge in [-0.15, -0.1) is 0 Å². The van der Waals surface area contributed by atoms with Crippen LogP contribution in [0.4, 0.5) is 0 Å². The highest BCUT2D eigenvalue weighted by molar-refractivity contribution is 6.08. The van der Waals surface area contributed by atoms with E-state index in [1.165, 1.54) is 37.9 Å². The summed E-state index contributed by atoms with van der Waals surface area (Å²) in [7, 11) is 0. The standard InChI is InChI=1S/C24H16O/c1-15-2-4-17-8-21-12-22-9-18-5-3-16(14-25)7-20(18)11-24(22)13-23(21)10-19(17)6-15/h2-14H,1H3. The van der Waals surface area contributed by atoms with E-state index in [1.54, 1.807) is 0 Å². The number of fused-ring (bicyclic) bond motifs is 4. The molecular weight excluding hydrogens is 304 g/mol. The van der Waals surface area contributed by atoms with Crippen molar-refractivity contribution in [3.05, 3.63) is 83.9 Å². The molecule has 0 aliphatic carbocycles. The minimum Gasteiger partial charge on any atom is -0.298 e. The number of benzene rings is 5. The lowest BCUT2D eigenvalue weighted by Crippen LogP contribution is -1.83. The molecule has 0 aliphatic heterocycles. The zero-order valence-corrected chi connectivity index (χ0v) is 13.9. The molecule has 0 heterocycles. The summed E-state index contributed by atoms with van der Waals surface area (Å²) in [5, 5.41) is 9.75. The van der Waals surface area contributed by atoms with Gasteiger partial charge in [-0.1, -0.05) is 35.9 Å². The molecule has 1 heteroatoms. The van der Waals surface area contributed by atoms with E-state index in [4.69, 9.17) is 0 Å². The van der Waals surface area contributed by atoms with Crippen LogP contribution in [0.25, 0.3) is 43.1 Å². The maximum Gasteiger partial charge on any atom is 0.150 e. The third kappa shape index (κ3) is 2.28. The lowest BCUT2D eigenvalue weighted by molar-refractivity contribution is 0.112. The fourth-order valence-corrected chi connectivity index (χ4v) is 3.71. The molecule has 118 valence electrons. The first-order chi connectivity index (χ1) is 12.2. The molecule has 0 saturated heterocycles. The monoisotopic (exact) mass is 320 g/mol. The Morgan fingerprint density at radius 1 is 0.520 bits per heavy atom. The van der Waals surface area contributed by atoms with Gasteiger partial charge in [-0.3, -0.25) is 4.79 Å². The van der Waals surface area contributed by atoms with Gasteiger partial charge in [-0.2, -0.15) is 0 Å². The van der Waals surface area contributed by atoms with Crippen molar-refractivity contribution >= 4 is 49.4 Å². The maximum atomic E-state index is 11.0. The van der Waals surface area contributed by atoms with E-state index >= 15 is 0 Å². The maximum absolute atomic E-state index is 11.0. The predicted molar refractivity (Wildman–Crippen MR) is 107 cm³/mol. The number of aldehydes is 1. The van der Waals surface area contributed by atoms with Gasteiger partial charge < -0.3 is 0 Å². The topological polar surface area (TPSA) is 17.1 Å². The van der Waals surface area contributed by atoms with Crippen LogP contribution >= 0.6 is 0 Å². The van der Waals surface area contributed by atoms with Crippen molar-refractivity contribution in [3.8, 4) is 0 Å². The van der Waals surface area contributed by atoms with E-state index in [1.807, 2.05) is 18.2 Å². The summed E-state index contributed by atoms with van der Waals surface area (Å²) in [5.74, 6) is 0. The zero-order valence-electron chi connectivity index (χ0n) is 13.9. The predicted octanol–water partition coefficient (Wildman–Crippen LogP) is 6.42. The van der Waals surface area contributed by atoms with Gasteiger partial charge >= 0.3 is 0 Å². The summed E-state index contributed by atoms with van der Waals surface area (Å²) >= 11 is 0. The summed E-state index contributed by atoms with van der Waals surface area (Å²) in [6.07, 6.45) is 0.901. The Hall–Kier alpha value is -3.19. The van der Waals surface area contributed by atoms with Gasteiger partial charge in [-0.25, -0.2) is 0 Å². The van der Waals surface area contributed by atoms with Gasteiger partial charge in [0.2, 0.25) is 0 Å². The Balaban J connectivity index is 1.85. The molecule has 0 atom stereocenters. The van der Waals surface area contributed by atoms with Crippen molar-refractivity contribution in [2.45, 2.75) is 6.92 Å². The molecule has 0 bridgehead atoms. The zero-order chi connectivity index (χ0) is 17.0. The number of hydrogen-bond acceptors (Lipinski definition) is 1. The number of carbonyl (C=O) groups excluding carboxylic acids is 1. The van der Waals surface area contributed by atoms with E-state index in [0.717, 1.165) is 17.1 Å². The minimum absolute atomic E-state index is 0.717. The SMILES string of the molecule is Cc1ccc2cc3cc4cc5ccc(C=O)cc5cc4cc3cc2c1. The Morgan fingerprint density at radius 2 is 0.960 bits per heavy atom. The second kappa shape index (κ2) is 5.15. The summed E-state index contributed by atoms with van der Waals surface area (Å²) in [6.45, 7) is 2.13. The van der Waals surface area contributed by atoms with Crippen molar-refractivity contribution in [2.24, 2.45) is 0 Å². The third-order valence-corrected chi connectivity index (χ3v) is 5.02. The molecule has 1 nitrogen and oxygen atoms in total. The smallest absolute Gasteiger partial charge is 0.150 e. The number of rotatable bonds is 1. The fourth-order valence-electron chi connectivity index (χ4n) is 3.71. The minimum atomic E-state index is 0.717. The second-order valence-corrected chi connectivity index (χ2v) is 6.83. The van der Waals surface area contributed by atoms with E-state index in [9.17, 15) is 4.79 Å². The Kier molecular flexibility index (Phi) is 2.92. The van der Waals surface area contributed by atoms with Gasteiger partial charge in [-0.05, 0) is 92.5 Å². The number of hydrogen-bond donors (Lipinski definition) is 0. The molecule has 0 saturated carbocycles. The first-order valence-corrected chi connectivity index (χ1v) is 8.46. The summed E-state index contributed by atoms with van der Waals surface area (Å²) in [4.78, 5) is 11.0. The van der Waals surface area contributed by atoms with E-state index in [2.05, 4.69) is 61.5 Å². The molecule has 5 rings (SSSR count). The van der Waals surface area contributed by atoms with Gasteiger partial charge in [0.15, 0.2) is 0 Å².